The Morgan fingerprint density at radius 3 is 2.30 bits per heavy atom. The van der Waals surface area contributed by atoms with E-state index in [4.69, 9.17) is 11.6 Å². The number of halogens is 1. The first-order valence-corrected chi connectivity index (χ1v) is 10.7. The number of hydrogen-bond acceptors (Lipinski definition) is 4. The van der Waals surface area contributed by atoms with Gasteiger partial charge in [-0.25, -0.2) is 4.98 Å². The quantitative estimate of drug-likeness (QED) is 0.677. The lowest BCUT2D eigenvalue weighted by atomic mass is 10.1. The minimum atomic E-state index is -0.177. The molecule has 1 aliphatic heterocycles. The van der Waals surface area contributed by atoms with Crippen LogP contribution in [-0.4, -0.2) is 71.8 Å². The third-order valence-electron chi connectivity index (χ3n) is 5.40. The molecular formula is C23H29ClN4O2. The van der Waals surface area contributed by atoms with Gasteiger partial charge >= 0.3 is 0 Å². The second kappa shape index (κ2) is 10.0. The molecule has 1 saturated heterocycles. The SMILES string of the molecule is Cc1nc(C(=O)N(C)C)ccc1C(=O)N(CCN1CCCC1)Cc1ccc(Cl)cc1. The highest BCUT2D eigenvalue weighted by Gasteiger charge is 2.22. The Kier molecular flexibility index (Phi) is 7.45. The van der Waals surface area contributed by atoms with Crippen molar-refractivity contribution in [2.24, 2.45) is 0 Å². The molecule has 1 aromatic carbocycles. The van der Waals surface area contributed by atoms with Crippen molar-refractivity contribution in [3.63, 3.8) is 0 Å². The Hall–Kier alpha value is -2.44. The average molecular weight is 429 g/mol. The highest BCUT2D eigenvalue weighted by molar-refractivity contribution is 6.30. The van der Waals surface area contributed by atoms with Crippen LogP contribution in [0.5, 0.6) is 0 Å². The van der Waals surface area contributed by atoms with Crippen LogP contribution in [0.15, 0.2) is 36.4 Å². The molecule has 6 nitrogen and oxygen atoms in total. The molecule has 1 fully saturated rings. The van der Waals surface area contributed by atoms with Gasteiger partial charge in [-0.2, -0.15) is 0 Å². The highest BCUT2D eigenvalue weighted by atomic mass is 35.5. The summed E-state index contributed by atoms with van der Waals surface area (Å²) in [5.41, 5.74) is 2.46. The number of pyridine rings is 1. The summed E-state index contributed by atoms with van der Waals surface area (Å²) >= 11 is 6.01. The number of aromatic nitrogens is 1. The van der Waals surface area contributed by atoms with Crippen molar-refractivity contribution in [1.29, 1.82) is 0 Å². The molecule has 0 saturated carbocycles. The van der Waals surface area contributed by atoms with Crippen LogP contribution < -0.4 is 0 Å². The first-order valence-electron chi connectivity index (χ1n) is 10.3. The zero-order valence-corrected chi connectivity index (χ0v) is 18.7. The fourth-order valence-electron chi connectivity index (χ4n) is 3.64. The van der Waals surface area contributed by atoms with Crippen LogP contribution in [0.2, 0.25) is 5.02 Å². The Bertz CT molecular complexity index is 893. The minimum Gasteiger partial charge on any atom is -0.343 e. The summed E-state index contributed by atoms with van der Waals surface area (Å²) in [6.45, 7) is 5.94. The van der Waals surface area contributed by atoms with Crippen LogP contribution in [0, 0.1) is 6.92 Å². The lowest BCUT2D eigenvalue weighted by molar-refractivity contribution is 0.0724. The summed E-state index contributed by atoms with van der Waals surface area (Å²) < 4.78 is 0. The van der Waals surface area contributed by atoms with Gasteiger partial charge in [0.05, 0.1) is 11.3 Å². The topological polar surface area (TPSA) is 56.8 Å². The number of amides is 2. The molecule has 160 valence electrons. The molecule has 2 aromatic rings. The van der Waals surface area contributed by atoms with E-state index in [9.17, 15) is 9.59 Å². The van der Waals surface area contributed by atoms with E-state index in [-0.39, 0.29) is 11.8 Å². The van der Waals surface area contributed by atoms with Crippen molar-refractivity contribution in [3.8, 4) is 0 Å². The summed E-state index contributed by atoms with van der Waals surface area (Å²) in [4.78, 5) is 35.7. The van der Waals surface area contributed by atoms with E-state index in [1.54, 1.807) is 33.2 Å². The van der Waals surface area contributed by atoms with Crippen LogP contribution in [0.25, 0.3) is 0 Å². The van der Waals surface area contributed by atoms with Crippen molar-refractivity contribution in [2.45, 2.75) is 26.3 Å². The van der Waals surface area contributed by atoms with Crippen LogP contribution in [0.1, 0.15) is 44.9 Å². The number of nitrogens with zero attached hydrogens (tertiary/aromatic N) is 4. The van der Waals surface area contributed by atoms with E-state index < -0.39 is 0 Å². The molecule has 30 heavy (non-hydrogen) atoms. The Morgan fingerprint density at radius 1 is 1.03 bits per heavy atom. The maximum Gasteiger partial charge on any atom is 0.271 e. The van der Waals surface area contributed by atoms with Crippen LogP contribution in [0.3, 0.4) is 0 Å². The van der Waals surface area contributed by atoms with Gasteiger partial charge in [-0.15, -0.1) is 0 Å². The van der Waals surface area contributed by atoms with Crippen LogP contribution in [-0.2, 0) is 6.54 Å². The number of hydrogen-bond donors (Lipinski definition) is 0. The first-order chi connectivity index (χ1) is 14.3. The molecule has 0 unspecified atom stereocenters. The summed E-state index contributed by atoms with van der Waals surface area (Å²) in [5, 5.41) is 0.676. The maximum atomic E-state index is 13.4. The van der Waals surface area contributed by atoms with Crippen molar-refractivity contribution < 1.29 is 9.59 Å². The molecule has 0 N–H and O–H groups in total. The van der Waals surface area contributed by atoms with Gasteiger partial charge in [-0.1, -0.05) is 23.7 Å². The lowest BCUT2D eigenvalue weighted by Gasteiger charge is -2.26. The van der Waals surface area contributed by atoms with Gasteiger partial charge in [0.2, 0.25) is 0 Å². The fourth-order valence-corrected chi connectivity index (χ4v) is 3.76. The molecular weight excluding hydrogens is 400 g/mol. The molecule has 2 amide bonds. The van der Waals surface area contributed by atoms with E-state index >= 15 is 0 Å². The normalized spacial score (nSPS) is 14.0. The highest BCUT2D eigenvalue weighted by Crippen LogP contribution is 2.17. The van der Waals surface area contributed by atoms with Gasteiger partial charge in [0.1, 0.15) is 5.69 Å². The molecule has 7 heteroatoms. The van der Waals surface area contributed by atoms with Gasteiger partial charge in [-0.05, 0) is 62.7 Å². The van der Waals surface area contributed by atoms with Crippen LogP contribution >= 0.6 is 11.6 Å². The number of aryl methyl sites for hydroxylation is 1. The fraction of sp³-hybridized carbons (Fsp3) is 0.435. The minimum absolute atomic E-state index is 0.0713. The Morgan fingerprint density at radius 2 is 1.70 bits per heavy atom. The average Bonchev–Trinajstić information content (AvgIpc) is 3.25. The second-order valence-electron chi connectivity index (χ2n) is 7.93. The zero-order valence-electron chi connectivity index (χ0n) is 17.9. The molecule has 0 atom stereocenters. The molecule has 0 aliphatic carbocycles. The summed E-state index contributed by atoms with van der Waals surface area (Å²) in [7, 11) is 3.37. The predicted octanol–water partition coefficient (Wildman–Crippen LogP) is 3.48. The van der Waals surface area contributed by atoms with Gasteiger partial charge < -0.3 is 14.7 Å². The van der Waals surface area contributed by atoms with Gasteiger partial charge in [0.25, 0.3) is 11.8 Å². The summed E-state index contributed by atoms with van der Waals surface area (Å²) in [6, 6.07) is 10.9. The van der Waals surface area contributed by atoms with E-state index in [0.717, 1.165) is 25.2 Å². The molecule has 0 spiro atoms. The van der Waals surface area contributed by atoms with Gasteiger partial charge in [0.15, 0.2) is 0 Å². The lowest BCUT2D eigenvalue weighted by Crippen LogP contribution is -2.38. The zero-order chi connectivity index (χ0) is 21.7. The third kappa shape index (κ3) is 5.58. The van der Waals surface area contributed by atoms with E-state index in [0.29, 0.717) is 35.1 Å². The molecule has 0 radical (unpaired) electrons. The van der Waals surface area contributed by atoms with Gasteiger partial charge in [0, 0.05) is 38.8 Å². The van der Waals surface area contributed by atoms with Crippen molar-refractivity contribution in [2.75, 3.05) is 40.3 Å². The van der Waals surface area contributed by atoms with E-state index in [2.05, 4.69) is 9.88 Å². The molecule has 3 rings (SSSR count). The Balaban J connectivity index is 1.80. The number of carbonyl (C=O) groups is 2. The number of likely N-dealkylation sites (tertiary alicyclic amines) is 1. The standard InChI is InChI=1S/C23H29ClN4O2/c1-17-20(10-11-21(25-17)23(30)26(2)3)22(29)28(15-14-27-12-4-5-13-27)16-18-6-8-19(24)9-7-18/h6-11H,4-5,12-16H2,1-3H3. The third-order valence-corrected chi connectivity index (χ3v) is 5.65. The number of benzene rings is 1. The van der Waals surface area contributed by atoms with Crippen molar-refractivity contribution in [3.05, 3.63) is 63.9 Å². The first kappa shape index (κ1) is 22.2. The van der Waals surface area contributed by atoms with E-state index in [1.807, 2.05) is 29.2 Å². The van der Waals surface area contributed by atoms with E-state index in [1.165, 1.54) is 17.7 Å². The van der Waals surface area contributed by atoms with Crippen LogP contribution in [0.4, 0.5) is 0 Å². The maximum absolute atomic E-state index is 13.4. The molecule has 2 heterocycles. The second-order valence-corrected chi connectivity index (χ2v) is 8.37. The monoisotopic (exact) mass is 428 g/mol. The molecule has 0 bridgehead atoms. The summed E-state index contributed by atoms with van der Waals surface area (Å²) in [5.74, 6) is -0.248. The number of rotatable bonds is 7. The summed E-state index contributed by atoms with van der Waals surface area (Å²) in [6.07, 6.45) is 2.44. The van der Waals surface area contributed by atoms with Gasteiger partial charge in [-0.3, -0.25) is 9.59 Å². The smallest absolute Gasteiger partial charge is 0.271 e. The Labute approximate surface area is 183 Å². The predicted molar refractivity (Wildman–Crippen MR) is 119 cm³/mol. The molecule has 1 aliphatic rings. The molecule has 1 aromatic heterocycles. The largest absolute Gasteiger partial charge is 0.343 e. The number of carbonyl (C=O) groups excluding carboxylic acids is 2. The van der Waals surface area contributed by atoms with Crippen molar-refractivity contribution in [1.82, 2.24) is 19.7 Å². The van der Waals surface area contributed by atoms with Crippen molar-refractivity contribution >= 4 is 23.4 Å².